The van der Waals surface area contributed by atoms with Crippen LogP contribution in [0.15, 0.2) is 59.5 Å². The number of nitrogens with one attached hydrogen (secondary N) is 1. The largest absolute Gasteiger partial charge is 0.496 e. The van der Waals surface area contributed by atoms with E-state index in [2.05, 4.69) is 20.0 Å². The van der Waals surface area contributed by atoms with Crippen molar-refractivity contribution < 1.29 is 22.6 Å². The van der Waals surface area contributed by atoms with Crippen molar-refractivity contribution in [3.8, 4) is 28.8 Å². The Morgan fingerprint density at radius 1 is 0.970 bits per heavy atom. The molecule has 4 aromatic rings. The zero-order valence-electron chi connectivity index (χ0n) is 18.3. The third-order valence-corrected chi connectivity index (χ3v) is 6.34. The first-order valence-corrected chi connectivity index (χ1v) is 11.5. The highest BCUT2D eigenvalue weighted by molar-refractivity contribution is 7.89. The number of hydrogen-bond acceptors (Lipinski definition) is 8. The van der Waals surface area contributed by atoms with E-state index in [1.807, 2.05) is 31.2 Å². The van der Waals surface area contributed by atoms with Crippen molar-refractivity contribution in [2.45, 2.75) is 11.8 Å². The standard InChI is InChI=1S/C22H23N5O5S/c1-15-8-9-19(18(14-15)31-3)33(28,29)23-12-13-32-21-11-10-20-24-25-22(27(20)26-21)16-6-4-5-7-17(16)30-2/h4-11,14,23H,12-13H2,1-3H3. The molecule has 0 saturated carbocycles. The third kappa shape index (κ3) is 4.73. The molecular weight excluding hydrogens is 446 g/mol. The van der Waals surface area contributed by atoms with E-state index in [9.17, 15) is 8.42 Å². The number of aryl methyl sites for hydroxylation is 1. The zero-order valence-corrected chi connectivity index (χ0v) is 19.2. The number of hydrogen-bond donors (Lipinski definition) is 1. The highest BCUT2D eigenvalue weighted by Crippen LogP contribution is 2.28. The molecule has 10 nitrogen and oxygen atoms in total. The summed E-state index contributed by atoms with van der Waals surface area (Å²) in [4.78, 5) is 0.0704. The van der Waals surface area contributed by atoms with Crippen molar-refractivity contribution in [1.29, 1.82) is 0 Å². The summed E-state index contributed by atoms with van der Waals surface area (Å²) in [5.41, 5.74) is 2.17. The molecule has 0 aliphatic rings. The summed E-state index contributed by atoms with van der Waals surface area (Å²) in [6.07, 6.45) is 0. The average Bonchev–Trinajstić information content (AvgIpc) is 3.24. The number of benzene rings is 2. The Kier molecular flexibility index (Phi) is 6.43. The topological polar surface area (TPSA) is 117 Å². The maximum absolute atomic E-state index is 12.6. The van der Waals surface area contributed by atoms with Gasteiger partial charge < -0.3 is 14.2 Å². The molecule has 1 N–H and O–H groups in total. The lowest BCUT2D eigenvalue weighted by atomic mass is 10.2. The fourth-order valence-corrected chi connectivity index (χ4v) is 4.41. The maximum atomic E-state index is 12.6. The zero-order chi connectivity index (χ0) is 23.4. The molecule has 0 unspecified atom stereocenters. The molecule has 0 radical (unpaired) electrons. The second kappa shape index (κ2) is 9.43. The van der Waals surface area contributed by atoms with Gasteiger partial charge in [-0.1, -0.05) is 18.2 Å². The van der Waals surface area contributed by atoms with Crippen LogP contribution in [0.3, 0.4) is 0 Å². The number of methoxy groups -OCH3 is 2. The van der Waals surface area contributed by atoms with Gasteiger partial charge in [0.1, 0.15) is 23.0 Å². The number of rotatable bonds is 9. The number of fused-ring (bicyclic) bond motifs is 1. The molecule has 2 aromatic carbocycles. The molecule has 2 heterocycles. The van der Waals surface area contributed by atoms with E-state index in [0.29, 0.717) is 23.1 Å². The Morgan fingerprint density at radius 2 is 1.76 bits per heavy atom. The van der Waals surface area contributed by atoms with E-state index in [1.54, 1.807) is 35.9 Å². The van der Waals surface area contributed by atoms with Crippen LogP contribution in [0.4, 0.5) is 0 Å². The highest BCUT2D eigenvalue weighted by atomic mass is 32.2. The molecule has 0 fully saturated rings. The minimum absolute atomic E-state index is 0.0423. The fraction of sp³-hybridized carbons (Fsp3) is 0.227. The van der Waals surface area contributed by atoms with Gasteiger partial charge in [-0.05, 0) is 42.8 Å². The van der Waals surface area contributed by atoms with Gasteiger partial charge in [0.25, 0.3) is 0 Å². The molecule has 172 valence electrons. The monoisotopic (exact) mass is 469 g/mol. The van der Waals surface area contributed by atoms with Crippen molar-refractivity contribution in [2.75, 3.05) is 27.4 Å². The van der Waals surface area contributed by atoms with E-state index in [0.717, 1.165) is 11.1 Å². The van der Waals surface area contributed by atoms with Gasteiger partial charge in [-0.3, -0.25) is 0 Å². The summed E-state index contributed by atoms with van der Waals surface area (Å²) >= 11 is 0. The second-order valence-electron chi connectivity index (χ2n) is 7.07. The van der Waals surface area contributed by atoms with E-state index in [1.165, 1.54) is 13.2 Å². The summed E-state index contributed by atoms with van der Waals surface area (Å²) in [5.74, 6) is 1.72. The van der Waals surface area contributed by atoms with Crippen LogP contribution in [0, 0.1) is 6.92 Å². The summed E-state index contributed by atoms with van der Waals surface area (Å²) < 4.78 is 45.6. The molecule has 33 heavy (non-hydrogen) atoms. The van der Waals surface area contributed by atoms with E-state index >= 15 is 0 Å². The van der Waals surface area contributed by atoms with Crippen LogP contribution >= 0.6 is 0 Å². The van der Waals surface area contributed by atoms with Crippen molar-refractivity contribution >= 4 is 15.7 Å². The molecule has 0 aliphatic heterocycles. The lowest BCUT2D eigenvalue weighted by molar-refractivity contribution is 0.305. The number of ether oxygens (including phenoxy) is 3. The lowest BCUT2D eigenvalue weighted by Gasteiger charge is -2.12. The Hall–Kier alpha value is -3.70. The molecule has 0 atom stereocenters. The first-order chi connectivity index (χ1) is 15.9. The summed E-state index contributed by atoms with van der Waals surface area (Å²) in [6, 6.07) is 15.7. The van der Waals surface area contributed by atoms with Gasteiger partial charge in [0, 0.05) is 12.6 Å². The predicted molar refractivity (Wildman–Crippen MR) is 121 cm³/mol. The number of sulfonamides is 1. The molecular formula is C22H23N5O5S. The highest BCUT2D eigenvalue weighted by Gasteiger charge is 2.19. The summed E-state index contributed by atoms with van der Waals surface area (Å²) in [6.45, 7) is 1.97. The maximum Gasteiger partial charge on any atom is 0.244 e. The molecule has 0 spiro atoms. The molecule has 0 saturated heterocycles. The Labute approximate surface area is 191 Å². The Morgan fingerprint density at radius 3 is 2.55 bits per heavy atom. The van der Waals surface area contributed by atoms with Crippen molar-refractivity contribution in [3.63, 3.8) is 0 Å². The number of nitrogens with zero attached hydrogens (tertiary/aromatic N) is 4. The minimum atomic E-state index is -3.76. The lowest BCUT2D eigenvalue weighted by Crippen LogP contribution is -2.28. The molecule has 0 amide bonds. The van der Waals surface area contributed by atoms with Crippen LogP contribution in [0.1, 0.15) is 5.56 Å². The number of para-hydroxylation sites is 1. The third-order valence-electron chi connectivity index (χ3n) is 4.84. The van der Waals surface area contributed by atoms with Gasteiger partial charge in [0.2, 0.25) is 15.9 Å². The van der Waals surface area contributed by atoms with Crippen LogP contribution in [-0.2, 0) is 10.0 Å². The van der Waals surface area contributed by atoms with Crippen molar-refractivity contribution in [1.82, 2.24) is 24.5 Å². The summed E-state index contributed by atoms with van der Waals surface area (Å²) in [7, 11) is -0.751. The molecule has 0 aliphatic carbocycles. The van der Waals surface area contributed by atoms with Crippen molar-refractivity contribution in [2.24, 2.45) is 0 Å². The summed E-state index contributed by atoms with van der Waals surface area (Å²) in [5, 5.41) is 12.8. The van der Waals surface area contributed by atoms with E-state index < -0.39 is 10.0 Å². The first-order valence-electron chi connectivity index (χ1n) is 10.1. The van der Waals surface area contributed by atoms with Crippen LogP contribution < -0.4 is 18.9 Å². The first kappa shape index (κ1) is 22.5. The van der Waals surface area contributed by atoms with Crippen LogP contribution in [-0.4, -0.2) is 55.6 Å². The average molecular weight is 470 g/mol. The van der Waals surface area contributed by atoms with E-state index in [4.69, 9.17) is 14.2 Å². The molecule has 0 bridgehead atoms. The van der Waals surface area contributed by atoms with Gasteiger partial charge >= 0.3 is 0 Å². The molecule has 11 heteroatoms. The normalized spacial score (nSPS) is 11.5. The quantitative estimate of drug-likeness (QED) is 0.372. The van der Waals surface area contributed by atoms with Crippen LogP contribution in [0.5, 0.6) is 17.4 Å². The minimum Gasteiger partial charge on any atom is -0.496 e. The van der Waals surface area contributed by atoms with Gasteiger partial charge in [0.15, 0.2) is 11.5 Å². The van der Waals surface area contributed by atoms with Gasteiger partial charge in [-0.15, -0.1) is 15.3 Å². The molecule has 2 aromatic heterocycles. The predicted octanol–water partition coefficient (Wildman–Crippen LogP) is 2.47. The Bertz CT molecular complexity index is 1390. The van der Waals surface area contributed by atoms with Crippen LogP contribution in [0.25, 0.3) is 17.0 Å². The van der Waals surface area contributed by atoms with Gasteiger partial charge in [-0.25, -0.2) is 13.1 Å². The van der Waals surface area contributed by atoms with Crippen LogP contribution in [0.2, 0.25) is 0 Å². The fourth-order valence-electron chi connectivity index (χ4n) is 3.25. The Balaban J connectivity index is 1.46. The van der Waals surface area contributed by atoms with E-state index in [-0.39, 0.29) is 23.8 Å². The van der Waals surface area contributed by atoms with Gasteiger partial charge in [-0.2, -0.15) is 4.52 Å². The molecule has 4 rings (SSSR count). The van der Waals surface area contributed by atoms with Gasteiger partial charge in [0.05, 0.1) is 19.8 Å². The smallest absolute Gasteiger partial charge is 0.244 e. The van der Waals surface area contributed by atoms with Crippen molar-refractivity contribution in [3.05, 3.63) is 60.2 Å². The SMILES string of the molecule is COc1ccccc1-c1nnc2ccc(OCCNS(=O)(=O)c3ccc(C)cc3OC)nn12. The number of aromatic nitrogens is 4. The second-order valence-corrected chi connectivity index (χ2v) is 8.80.